The molecule has 4 rings (SSSR count). The lowest BCUT2D eigenvalue weighted by molar-refractivity contribution is -0.105. The summed E-state index contributed by atoms with van der Waals surface area (Å²) in [5.74, 6) is 1.13. The fraction of sp³-hybridized carbons (Fsp3) is 0.222. The lowest BCUT2D eigenvalue weighted by Crippen LogP contribution is -2.27. The number of halogens is 1. The van der Waals surface area contributed by atoms with E-state index in [1.807, 2.05) is 37.3 Å². The van der Waals surface area contributed by atoms with Crippen LogP contribution in [-0.4, -0.2) is 40.2 Å². The van der Waals surface area contributed by atoms with Crippen molar-refractivity contribution in [1.29, 1.82) is 0 Å². The number of fused-ring (bicyclic) bond motifs is 1. The van der Waals surface area contributed by atoms with Crippen LogP contribution in [0, 0.1) is 6.92 Å². The lowest BCUT2D eigenvalue weighted by Gasteiger charge is -2.16. The molecule has 0 radical (unpaired) electrons. The first-order valence-corrected chi connectivity index (χ1v) is 11.3. The Hall–Kier alpha value is -3.32. The highest BCUT2D eigenvalue weighted by Gasteiger charge is 2.21. The molecule has 7 heteroatoms. The smallest absolute Gasteiger partial charge is 0.262 e. The minimum absolute atomic E-state index is 0.129. The third kappa shape index (κ3) is 4.80. The minimum atomic E-state index is -1.55. The van der Waals surface area contributed by atoms with E-state index in [4.69, 9.17) is 21.1 Å². The summed E-state index contributed by atoms with van der Waals surface area (Å²) in [7, 11) is 1.62. The van der Waals surface area contributed by atoms with Gasteiger partial charge in [-0.3, -0.25) is 9.36 Å². The van der Waals surface area contributed by atoms with Crippen molar-refractivity contribution in [3.05, 3.63) is 94.1 Å². The third-order valence-electron chi connectivity index (χ3n) is 5.88. The van der Waals surface area contributed by atoms with Crippen molar-refractivity contribution >= 4 is 28.4 Å². The van der Waals surface area contributed by atoms with Crippen LogP contribution in [-0.2, 0) is 6.42 Å². The van der Waals surface area contributed by atoms with E-state index in [0.29, 0.717) is 28.5 Å². The number of methoxy groups -OCH3 is 1. The summed E-state index contributed by atoms with van der Waals surface area (Å²) in [6.45, 7) is 3.53. The van der Waals surface area contributed by atoms with Crippen LogP contribution in [0.4, 0.5) is 0 Å². The van der Waals surface area contributed by atoms with Gasteiger partial charge in [0.15, 0.2) is 6.29 Å². The molecule has 1 aromatic heterocycles. The standard InChI is InChI=1S/C27H26ClNO5/c1-16-23(14-18-4-10-21(11-5-18)34-17(2)27(31)32)24-15-22(33-3)12-13-25(24)29(16)26(30)19-6-8-20(28)9-7-19/h4-13,15,17,27,31-32H,14H2,1-3H3. The number of carbonyl (C=O) groups is 1. The molecule has 0 bridgehead atoms. The number of hydrogen-bond donors (Lipinski definition) is 2. The monoisotopic (exact) mass is 479 g/mol. The topological polar surface area (TPSA) is 80.9 Å². The van der Waals surface area contributed by atoms with Crippen LogP contribution in [0.1, 0.15) is 34.1 Å². The van der Waals surface area contributed by atoms with Crippen molar-refractivity contribution in [2.24, 2.45) is 0 Å². The molecule has 0 spiro atoms. The first-order valence-electron chi connectivity index (χ1n) is 10.9. The molecule has 34 heavy (non-hydrogen) atoms. The number of aromatic nitrogens is 1. The fourth-order valence-electron chi connectivity index (χ4n) is 3.96. The summed E-state index contributed by atoms with van der Waals surface area (Å²) in [4.78, 5) is 13.4. The Morgan fingerprint density at radius 3 is 2.26 bits per heavy atom. The van der Waals surface area contributed by atoms with E-state index in [2.05, 4.69) is 0 Å². The summed E-state index contributed by atoms with van der Waals surface area (Å²) in [5.41, 5.74) is 4.24. The molecule has 0 saturated carbocycles. The highest BCUT2D eigenvalue weighted by molar-refractivity contribution is 6.30. The maximum absolute atomic E-state index is 13.4. The van der Waals surface area contributed by atoms with Crippen molar-refractivity contribution < 1.29 is 24.5 Å². The maximum atomic E-state index is 13.4. The van der Waals surface area contributed by atoms with Crippen molar-refractivity contribution in [1.82, 2.24) is 4.57 Å². The zero-order chi connectivity index (χ0) is 24.4. The minimum Gasteiger partial charge on any atom is -0.497 e. The Morgan fingerprint density at radius 1 is 1.00 bits per heavy atom. The van der Waals surface area contributed by atoms with Crippen LogP contribution in [0.15, 0.2) is 66.7 Å². The molecular formula is C27H26ClNO5. The molecule has 176 valence electrons. The average Bonchev–Trinajstić information content (AvgIpc) is 3.10. The van der Waals surface area contributed by atoms with Crippen LogP contribution < -0.4 is 9.47 Å². The third-order valence-corrected chi connectivity index (χ3v) is 6.13. The van der Waals surface area contributed by atoms with Gasteiger partial charge in [-0.25, -0.2) is 0 Å². The molecule has 0 fully saturated rings. The van der Waals surface area contributed by atoms with Crippen LogP contribution in [0.2, 0.25) is 5.02 Å². The summed E-state index contributed by atoms with van der Waals surface area (Å²) in [6, 6.07) is 20.0. The quantitative estimate of drug-likeness (QED) is 0.366. The number of ether oxygens (including phenoxy) is 2. The number of hydrogen-bond acceptors (Lipinski definition) is 5. The van der Waals surface area contributed by atoms with E-state index < -0.39 is 12.4 Å². The van der Waals surface area contributed by atoms with E-state index in [1.165, 1.54) is 0 Å². The van der Waals surface area contributed by atoms with Gasteiger partial charge in [-0.2, -0.15) is 0 Å². The number of nitrogens with zero attached hydrogens (tertiary/aromatic N) is 1. The van der Waals surface area contributed by atoms with Gasteiger partial charge in [-0.05, 0) is 86.0 Å². The molecule has 0 aliphatic rings. The Bertz CT molecular complexity index is 1310. The molecular weight excluding hydrogens is 454 g/mol. The summed E-state index contributed by atoms with van der Waals surface area (Å²) >= 11 is 6.00. The second-order valence-electron chi connectivity index (χ2n) is 8.15. The lowest BCUT2D eigenvalue weighted by atomic mass is 10.0. The van der Waals surface area contributed by atoms with Gasteiger partial charge < -0.3 is 19.7 Å². The first-order chi connectivity index (χ1) is 16.3. The van der Waals surface area contributed by atoms with Crippen LogP contribution in [0.5, 0.6) is 11.5 Å². The molecule has 2 N–H and O–H groups in total. The van der Waals surface area contributed by atoms with Crippen molar-refractivity contribution in [2.75, 3.05) is 7.11 Å². The molecule has 3 aromatic carbocycles. The Morgan fingerprint density at radius 2 is 1.65 bits per heavy atom. The van der Waals surface area contributed by atoms with Crippen molar-refractivity contribution in [3.8, 4) is 11.5 Å². The number of benzene rings is 3. The Labute approximate surface area is 202 Å². The Balaban J connectivity index is 1.73. The highest BCUT2D eigenvalue weighted by atomic mass is 35.5. The molecule has 0 saturated heterocycles. The predicted molar refractivity (Wildman–Crippen MR) is 132 cm³/mol. The van der Waals surface area contributed by atoms with Crippen LogP contribution in [0.3, 0.4) is 0 Å². The molecule has 1 atom stereocenters. The van der Waals surface area contributed by atoms with Crippen LogP contribution in [0.25, 0.3) is 10.9 Å². The van der Waals surface area contributed by atoms with Gasteiger partial charge in [-0.15, -0.1) is 0 Å². The van der Waals surface area contributed by atoms with Gasteiger partial charge in [0.2, 0.25) is 0 Å². The zero-order valence-corrected chi connectivity index (χ0v) is 19.9. The highest BCUT2D eigenvalue weighted by Crippen LogP contribution is 2.32. The largest absolute Gasteiger partial charge is 0.497 e. The van der Waals surface area contributed by atoms with E-state index in [-0.39, 0.29) is 5.91 Å². The Kier molecular flexibility index (Phi) is 6.93. The van der Waals surface area contributed by atoms with Crippen molar-refractivity contribution in [3.63, 3.8) is 0 Å². The second-order valence-corrected chi connectivity index (χ2v) is 8.59. The predicted octanol–water partition coefficient (Wildman–Crippen LogP) is 4.97. The molecule has 0 aliphatic heterocycles. The molecule has 6 nitrogen and oxygen atoms in total. The summed E-state index contributed by atoms with van der Waals surface area (Å²) < 4.78 is 12.7. The van der Waals surface area contributed by atoms with Gasteiger partial charge >= 0.3 is 0 Å². The second kappa shape index (κ2) is 9.89. The SMILES string of the molecule is COc1ccc2c(c1)c(Cc1ccc(OC(C)C(O)O)cc1)c(C)n2C(=O)c1ccc(Cl)cc1. The van der Waals surface area contributed by atoms with Gasteiger partial charge in [-0.1, -0.05) is 23.7 Å². The van der Waals surface area contributed by atoms with Gasteiger partial charge in [0.05, 0.1) is 12.6 Å². The van der Waals surface area contributed by atoms with E-state index >= 15 is 0 Å². The summed E-state index contributed by atoms with van der Waals surface area (Å²) in [6.07, 6.45) is -1.70. The van der Waals surface area contributed by atoms with Gasteiger partial charge in [0.1, 0.15) is 17.6 Å². The normalized spacial score (nSPS) is 12.2. The van der Waals surface area contributed by atoms with E-state index in [9.17, 15) is 15.0 Å². The molecule has 1 heterocycles. The van der Waals surface area contributed by atoms with E-state index in [0.717, 1.165) is 27.7 Å². The zero-order valence-electron chi connectivity index (χ0n) is 19.2. The first kappa shape index (κ1) is 23.8. The number of carbonyl (C=O) groups excluding carboxylic acids is 1. The molecule has 0 amide bonds. The van der Waals surface area contributed by atoms with Gasteiger partial charge in [0, 0.05) is 21.7 Å². The number of aliphatic hydroxyl groups excluding tert-OH is 1. The molecule has 0 aliphatic carbocycles. The van der Waals surface area contributed by atoms with Gasteiger partial charge in [0.25, 0.3) is 5.91 Å². The average molecular weight is 480 g/mol. The van der Waals surface area contributed by atoms with Crippen LogP contribution >= 0.6 is 11.6 Å². The molecule has 4 aromatic rings. The van der Waals surface area contributed by atoms with Crippen molar-refractivity contribution in [2.45, 2.75) is 32.7 Å². The maximum Gasteiger partial charge on any atom is 0.262 e. The summed E-state index contributed by atoms with van der Waals surface area (Å²) in [5, 5.41) is 20.0. The van der Waals surface area contributed by atoms with E-state index in [1.54, 1.807) is 55.0 Å². The number of aliphatic hydroxyl groups is 2. The number of rotatable bonds is 7. The fourth-order valence-corrected chi connectivity index (χ4v) is 4.09. The molecule has 1 unspecified atom stereocenters.